The van der Waals surface area contributed by atoms with Gasteiger partial charge in [-0.2, -0.15) is 13.2 Å². The predicted molar refractivity (Wildman–Crippen MR) is 145 cm³/mol. The van der Waals surface area contributed by atoms with Gasteiger partial charge >= 0.3 is 6.18 Å². The second-order valence-corrected chi connectivity index (χ2v) is 11.5. The highest BCUT2D eigenvalue weighted by Crippen LogP contribution is 2.53. The minimum Gasteiger partial charge on any atom is -0.510 e. The van der Waals surface area contributed by atoms with Gasteiger partial charge in [0.1, 0.15) is 28.9 Å². The zero-order chi connectivity index (χ0) is 31.6. The predicted octanol–water partition coefficient (Wildman–Crippen LogP) is 1.62. The minimum atomic E-state index is -4.54. The lowest BCUT2D eigenvalue weighted by Crippen LogP contribution is -2.63. The number of allylic oxidation sites excluding steroid dienone is 1. The van der Waals surface area contributed by atoms with Gasteiger partial charge in [-0.25, -0.2) is 0 Å². The molecule has 230 valence electrons. The van der Waals surface area contributed by atoms with E-state index in [-0.39, 0.29) is 36.0 Å². The molecule has 0 saturated heterocycles. The highest BCUT2D eigenvalue weighted by atomic mass is 19.4. The van der Waals surface area contributed by atoms with Crippen molar-refractivity contribution in [1.82, 2.24) is 10.2 Å². The Morgan fingerprint density at radius 3 is 2.31 bits per heavy atom. The number of hydrogen-bond donors (Lipinski definition) is 6. The fraction of sp³-hybridized carbons (Fsp3) is 0.536. The monoisotopic (exact) mass is 596 g/mol. The van der Waals surface area contributed by atoms with Gasteiger partial charge in [-0.15, -0.1) is 0 Å². The first-order valence-corrected chi connectivity index (χ1v) is 13.4. The Kier molecular flexibility index (Phi) is 7.89. The van der Waals surface area contributed by atoms with Crippen LogP contribution < -0.4 is 16.0 Å². The van der Waals surface area contributed by atoms with E-state index >= 15 is 0 Å². The number of halogens is 3. The third-order valence-corrected chi connectivity index (χ3v) is 8.60. The van der Waals surface area contributed by atoms with Crippen molar-refractivity contribution in [3.8, 4) is 5.75 Å². The number of alkyl halides is 3. The van der Waals surface area contributed by atoms with E-state index in [2.05, 4.69) is 5.32 Å². The standard InChI is InChI=1S/C28H35F3N4O7/c1-6-16(28(29,30)31)33-10-12-9-15(34(2)3)13-7-11-8-14-20(35(4)5)23(38)19(26(32)41)25(40)27(14,42)24(39)17(11)22(37)18(13)21(12)36/h9,11,14,16,20,33,36,38-39,42H,6-8,10H2,1-5H3,(H2,32,41)/t11-,14-,16?,20?,27-/m0/s1. The molecule has 0 bridgehead atoms. The third-order valence-electron chi connectivity index (χ3n) is 8.60. The molecule has 11 nitrogen and oxygen atoms in total. The number of phenols is 1. The molecule has 14 heteroatoms. The summed E-state index contributed by atoms with van der Waals surface area (Å²) in [5.41, 5.74) is 1.87. The summed E-state index contributed by atoms with van der Waals surface area (Å²) in [5.74, 6) is -7.81. The van der Waals surface area contributed by atoms with Gasteiger partial charge < -0.3 is 36.4 Å². The number of phenolic OH excluding ortho intramolecular Hbond substituents is 1. The quantitative estimate of drug-likeness (QED) is 0.254. The normalized spacial score (nSPS) is 26.7. The molecule has 5 atom stereocenters. The van der Waals surface area contributed by atoms with Crippen LogP contribution in [0, 0.1) is 11.8 Å². The number of primary amides is 1. The molecule has 0 radical (unpaired) electrons. The number of fused-ring (bicyclic) bond motifs is 3. The summed E-state index contributed by atoms with van der Waals surface area (Å²) in [6.07, 6.45) is -4.83. The van der Waals surface area contributed by atoms with Crippen molar-refractivity contribution in [3.05, 3.63) is 45.4 Å². The Morgan fingerprint density at radius 1 is 1.19 bits per heavy atom. The smallest absolute Gasteiger partial charge is 0.403 e. The number of carbonyl (C=O) groups is 3. The highest BCUT2D eigenvalue weighted by molar-refractivity contribution is 6.24. The molecule has 42 heavy (non-hydrogen) atoms. The van der Waals surface area contributed by atoms with Crippen molar-refractivity contribution in [3.63, 3.8) is 0 Å². The number of Topliss-reactive ketones (excluding diaryl/α,β-unsaturated/α-hetero) is 2. The number of nitrogens with zero attached hydrogens (tertiary/aromatic N) is 2. The van der Waals surface area contributed by atoms with Gasteiger partial charge in [-0.3, -0.25) is 19.3 Å². The van der Waals surface area contributed by atoms with E-state index in [1.165, 1.54) is 32.0 Å². The van der Waals surface area contributed by atoms with Crippen LogP contribution in [-0.2, 0) is 22.6 Å². The van der Waals surface area contributed by atoms with E-state index in [0.29, 0.717) is 11.3 Å². The SMILES string of the molecule is CCC(NCc1cc(N(C)C)c2c(c1O)C(=O)C1=C(O)[C@]3(O)C(=O)C(C(N)=O)=C(O)C(N(C)C)[C@@H]3C[C@@H]1C2)C(F)(F)F. The molecule has 0 saturated carbocycles. The molecule has 1 aromatic carbocycles. The summed E-state index contributed by atoms with van der Waals surface area (Å²) in [6.45, 7) is 0.926. The molecular weight excluding hydrogens is 561 g/mol. The number of aliphatic hydroxyl groups excluding tert-OH is 2. The number of nitrogens with one attached hydrogen (secondary N) is 1. The van der Waals surface area contributed by atoms with Crippen molar-refractivity contribution < 1.29 is 48.0 Å². The van der Waals surface area contributed by atoms with Crippen LogP contribution >= 0.6 is 0 Å². The number of carbonyl (C=O) groups excluding carboxylic acids is 3. The summed E-state index contributed by atoms with van der Waals surface area (Å²) in [6, 6.07) is -1.49. The fourth-order valence-corrected chi connectivity index (χ4v) is 6.61. The number of benzene rings is 1. The summed E-state index contributed by atoms with van der Waals surface area (Å²) < 4.78 is 40.1. The maximum atomic E-state index is 14.0. The maximum Gasteiger partial charge on any atom is 0.403 e. The molecule has 0 fully saturated rings. The summed E-state index contributed by atoms with van der Waals surface area (Å²) >= 11 is 0. The number of aliphatic hydroxyl groups is 3. The van der Waals surface area contributed by atoms with E-state index in [4.69, 9.17) is 5.73 Å². The number of aromatic hydroxyl groups is 1. The van der Waals surface area contributed by atoms with Gasteiger partial charge in [0.25, 0.3) is 5.91 Å². The topological polar surface area (TPSA) is 177 Å². The molecule has 4 rings (SSSR count). The van der Waals surface area contributed by atoms with E-state index < -0.39 is 82.6 Å². The lowest BCUT2D eigenvalue weighted by Gasteiger charge is -2.50. The van der Waals surface area contributed by atoms with Crippen LogP contribution in [0.2, 0.25) is 0 Å². The second kappa shape index (κ2) is 10.6. The van der Waals surface area contributed by atoms with Gasteiger partial charge in [0, 0.05) is 43.4 Å². The number of nitrogens with two attached hydrogens (primary N) is 1. The van der Waals surface area contributed by atoms with Crippen molar-refractivity contribution in [1.29, 1.82) is 0 Å². The number of anilines is 1. The van der Waals surface area contributed by atoms with Gasteiger partial charge in [-0.1, -0.05) is 6.92 Å². The lowest BCUT2D eigenvalue weighted by molar-refractivity contribution is -0.156. The maximum absolute atomic E-state index is 14.0. The molecule has 0 spiro atoms. The Labute approximate surface area is 240 Å². The number of amides is 1. The summed E-state index contributed by atoms with van der Waals surface area (Å²) in [4.78, 5) is 42.6. The number of likely N-dealkylation sites (N-methyl/N-ethyl adjacent to an activating group) is 1. The van der Waals surface area contributed by atoms with Crippen molar-refractivity contribution in [2.45, 2.75) is 56.6 Å². The van der Waals surface area contributed by atoms with Gasteiger partial charge in [0.15, 0.2) is 11.4 Å². The van der Waals surface area contributed by atoms with Gasteiger partial charge in [0.2, 0.25) is 5.78 Å². The molecule has 7 N–H and O–H groups in total. The van der Waals surface area contributed by atoms with E-state index in [1.807, 2.05) is 0 Å². The van der Waals surface area contributed by atoms with E-state index in [0.717, 1.165) is 0 Å². The first-order chi connectivity index (χ1) is 19.4. The zero-order valence-electron chi connectivity index (χ0n) is 23.8. The molecule has 0 aliphatic heterocycles. The Hall–Kier alpha value is -3.62. The van der Waals surface area contributed by atoms with Crippen LogP contribution in [0.25, 0.3) is 0 Å². The van der Waals surface area contributed by atoms with Crippen LogP contribution in [0.1, 0.15) is 41.3 Å². The van der Waals surface area contributed by atoms with E-state index in [1.54, 1.807) is 19.0 Å². The average Bonchev–Trinajstić information content (AvgIpc) is 2.86. The first kappa shape index (κ1) is 31.3. The number of ketones is 2. The summed E-state index contributed by atoms with van der Waals surface area (Å²) in [5, 5.41) is 47.6. The molecule has 0 aromatic heterocycles. The largest absolute Gasteiger partial charge is 0.510 e. The fourth-order valence-electron chi connectivity index (χ4n) is 6.61. The molecule has 1 amide bonds. The van der Waals surface area contributed by atoms with Crippen molar-refractivity contribution >= 4 is 23.2 Å². The number of hydrogen-bond acceptors (Lipinski definition) is 10. The van der Waals surface area contributed by atoms with Crippen molar-refractivity contribution in [2.24, 2.45) is 17.6 Å². The van der Waals surface area contributed by atoms with Gasteiger partial charge in [-0.05, 0) is 50.9 Å². The molecular formula is C28H35F3N4O7. The second-order valence-electron chi connectivity index (χ2n) is 11.5. The van der Waals surface area contributed by atoms with Crippen LogP contribution in [0.5, 0.6) is 5.75 Å². The van der Waals surface area contributed by atoms with E-state index in [9.17, 15) is 48.0 Å². The molecule has 0 heterocycles. The molecule has 3 aliphatic carbocycles. The Morgan fingerprint density at radius 2 is 1.81 bits per heavy atom. The molecule has 3 aliphatic rings. The third kappa shape index (κ3) is 4.61. The first-order valence-electron chi connectivity index (χ1n) is 13.4. The Bertz CT molecular complexity index is 1420. The summed E-state index contributed by atoms with van der Waals surface area (Å²) in [7, 11) is 6.40. The van der Waals surface area contributed by atoms with Crippen LogP contribution in [0.15, 0.2) is 28.7 Å². The molecule has 1 aromatic rings. The highest BCUT2D eigenvalue weighted by Gasteiger charge is 2.63. The van der Waals surface area contributed by atoms with Gasteiger partial charge in [0.05, 0.1) is 11.6 Å². The van der Waals surface area contributed by atoms with Crippen LogP contribution in [-0.4, -0.2) is 94.9 Å². The van der Waals surface area contributed by atoms with Crippen LogP contribution in [0.3, 0.4) is 0 Å². The van der Waals surface area contributed by atoms with Crippen molar-refractivity contribution in [2.75, 3.05) is 33.1 Å². The average molecular weight is 597 g/mol. The number of rotatable bonds is 7. The van der Waals surface area contributed by atoms with Crippen LogP contribution in [0.4, 0.5) is 18.9 Å². The minimum absolute atomic E-state index is 0.00437. The Balaban J connectivity index is 1.89. The zero-order valence-corrected chi connectivity index (χ0v) is 23.8. The lowest BCUT2D eigenvalue weighted by atomic mass is 9.58. The molecule has 2 unspecified atom stereocenters.